The first-order valence-electron chi connectivity index (χ1n) is 2.03. The first-order valence-corrected chi connectivity index (χ1v) is 2.03. The van der Waals surface area contributed by atoms with Gasteiger partial charge in [-0.05, 0) is 6.92 Å². The number of carbonyl (C=O) groups is 1. The van der Waals surface area contributed by atoms with Gasteiger partial charge in [-0.15, -0.1) is 5.43 Å². The molecule has 0 unspecified atom stereocenters. The summed E-state index contributed by atoms with van der Waals surface area (Å²) in [5, 5.41) is 8.11. The Morgan fingerprint density at radius 2 is 2.50 bits per heavy atom. The van der Waals surface area contributed by atoms with Crippen LogP contribution in [0.5, 0.6) is 0 Å². The number of rotatable bonds is 2. The van der Waals surface area contributed by atoms with Crippen molar-refractivity contribution in [1.82, 2.24) is 5.43 Å². The van der Waals surface area contributed by atoms with E-state index < -0.39 is 12.0 Å². The molecule has 4 heteroatoms. The molecule has 0 spiro atoms. The van der Waals surface area contributed by atoms with E-state index in [-0.39, 0.29) is 0 Å². The molecule has 4 nitrogen and oxygen atoms in total. The third-order valence-corrected chi connectivity index (χ3v) is 0.629. The predicted octanol–water partition coefficient (Wildman–Crippen LogP) is -0.117. The third-order valence-electron chi connectivity index (χ3n) is 0.629. The molecule has 0 rings (SSSR count). The zero-order chi connectivity index (χ0) is 6.57. The maximum atomic E-state index is 9.88. The summed E-state index contributed by atoms with van der Waals surface area (Å²) in [6.07, 6.45) is 0. The molecule has 0 saturated heterocycles. The lowest BCUT2D eigenvalue weighted by atomic mass is 10.4. The maximum absolute atomic E-state index is 9.88. The van der Waals surface area contributed by atoms with Crippen LogP contribution in [0.3, 0.4) is 0 Å². The van der Waals surface area contributed by atoms with Gasteiger partial charge in [-0.25, -0.2) is 4.79 Å². The molecule has 1 atom stereocenters. The minimum absolute atomic E-state index is 0.771. The number of nitrogens with zero attached hydrogens (tertiary/aromatic N) is 1. The fourth-order valence-electron chi connectivity index (χ4n) is 0.152. The summed E-state index contributed by atoms with van der Waals surface area (Å²) in [6.45, 7) is 7.58. The zero-order valence-electron chi connectivity index (χ0n) is 4.38. The molecular weight excluding hydrogens is 108 g/mol. The molecule has 0 aromatic rings. The molecular formula is C4H6N2O2. The Hall–Kier alpha value is -1.24. The highest BCUT2D eigenvalue weighted by Gasteiger charge is 2.10. The Balaban J connectivity index is 3.52. The molecule has 0 aliphatic rings. The van der Waals surface area contributed by atoms with Crippen LogP contribution in [0.15, 0.2) is 0 Å². The second-order valence-electron chi connectivity index (χ2n) is 1.30. The minimum Gasteiger partial charge on any atom is -0.480 e. The van der Waals surface area contributed by atoms with E-state index in [4.69, 9.17) is 11.7 Å². The molecule has 0 aromatic carbocycles. The lowest BCUT2D eigenvalue weighted by Gasteiger charge is -1.94. The summed E-state index contributed by atoms with van der Waals surface area (Å²) in [5.74, 6) is -1.01. The number of aliphatic carboxylic acids is 1. The molecule has 0 heterocycles. The highest BCUT2D eigenvalue weighted by molar-refractivity contribution is 5.72. The number of nitrogens with one attached hydrogen (secondary N) is 1. The van der Waals surface area contributed by atoms with Crippen LogP contribution >= 0.6 is 0 Å². The van der Waals surface area contributed by atoms with Crippen LogP contribution < -0.4 is 5.43 Å². The Morgan fingerprint density at radius 3 is 2.62 bits per heavy atom. The SMILES string of the molecule is [C-]#[N+]N[C@H](C)C(=O)O. The van der Waals surface area contributed by atoms with Crippen molar-refractivity contribution >= 4 is 5.97 Å². The van der Waals surface area contributed by atoms with Gasteiger partial charge in [0.25, 0.3) is 0 Å². The standard InChI is InChI=1S/C4H6N2O2/c1-3(4(7)8)6-5-2/h3,6H,1H3,(H,7,8)/t3-/m1/s1. The molecule has 0 aromatic heterocycles. The molecule has 0 bridgehead atoms. The Labute approximate surface area is 46.9 Å². The molecule has 2 N–H and O–H groups in total. The molecule has 0 aliphatic carbocycles. The lowest BCUT2D eigenvalue weighted by Crippen LogP contribution is -2.28. The smallest absolute Gasteiger partial charge is 0.332 e. The minimum atomic E-state index is -1.01. The van der Waals surface area contributed by atoms with E-state index in [1.807, 2.05) is 5.43 Å². The monoisotopic (exact) mass is 114 g/mol. The summed E-state index contributed by atoms with van der Waals surface area (Å²) in [5.41, 5.74) is 2.04. The van der Waals surface area contributed by atoms with Crippen molar-refractivity contribution < 1.29 is 9.90 Å². The van der Waals surface area contributed by atoms with E-state index in [0.717, 1.165) is 0 Å². The molecule has 0 aliphatic heterocycles. The Kier molecular flexibility index (Phi) is 2.41. The van der Waals surface area contributed by atoms with Gasteiger partial charge in [-0.2, -0.15) is 11.5 Å². The number of carboxylic acid groups (broad SMARTS) is 1. The second-order valence-corrected chi connectivity index (χ2v) is 1.30. The predicted molar refractivity (Wildman–Crippen MR) is 26.8 cm³/mol. The molecule has 0 radical (unpaired) electrons. The van der Waals surface area contributed by atoms with Crippen molar-refractivity contribution in [2.75, 3.05) is 0 Å². The zero-order valence-corrected chi connectivity index (χ0v) is 4.38. The van der Waals surface area contributed by atoms with Crippen LogP contribution in [-0.4, -0.2) is 17.1 Å². The van der Waals surface area contributed by atoms with Gasteiger partial charge in [0.15, 0.2) is 6.04 Å². The molecule has 0 amide bonds. The van der Waals surface area contributed by atoms with Crippen LogP contribution in [0, 0.1) is 6.57 Å². The third kappa shape index (κ3) is 2.03. The van der Waals surface area contributed by atoms with Crippen LogP contribution in [0.2, 0.25) is 0 Å². The molecule has 0 fully saturated rings. The van der Waals surface area contributed by atoms with Crippen molar-refractivity contribution in [3.05, 3.63) is 11.5 Å². The van der Waals surface area contributed by atoms with Crippen LogP contribution in [0.25, 0.3) is 4.95 Å². The van der Waals surface area contributed by atoms with Crippen molar-refractivity contribution in [1.29, 1.82) is 0 Å². The van der Waals surface area contributed by atoms with E-state index in [1.165, 1.54) is 6.92 Å². The largest absolute Gasteiger partial charge is 0.480 e. The first-order chi connectivity index (χ1) is 3.68. The van der Waals surface area contributed by atoms with E-state index in [1.54, 1.807) is 0 Å². The summed E-state index contributed by atoms with van der Waals surface area (Å²) >= 11 is 0. The summed E-state index contributed by atoms with van der Waals surface area (Å²) < 4.78 is 0. The van der Waals surface area contributed by atoms with Gasteiger partial charge < -0.3 is 5.11 Å². The fraction of sp³-hybridized carbons (Fsp3) is 0.500. The number of hydrogen-bond donors (Lipinski definition) is 2. The molecule has 8 heavy (non-hydrogen) atoms. The van der Waals surface area contributed by atoms with E-state index in [2.05, 4.69) is 4.95 Å². The number of carboxylic acids is 1. The van der Waals surface area contributed by atoms with Gasteiger partial charge in [-0.3, -0.25) is 0 Å². The van der Waals surface area contributed by atoms with Gasteiger partial charge in [0.1, 0.15) is 0 Å². The van der Waals surface area contributed by atoms with Gasteiger partial charge in [0.2, 0.25) is 0 Å². The Bertz CT molecular complexity index is 126. The van der Waals surface area contributed by atoms with Crippen molar-refractivity contribution in [3.63, 3.8) is 0 Å². The number of hydrogen-bond acceptors (Lipinski definition) is 2. The van der Waals surface area contributed by atoms with Crippen molar-refractivity contribution in [2.45, 2.75) is 13.0 Å². The van der Waals surface area contributed by atoms with E-state index in [0.29, 0.717) is 0 Å². The highest BCUT2D eigenvalue weighted by atomic mass is 16.4. The summed E-state index contributed by atoms with van der Waals surface area (Å²) in [4.78, 5) is 12.6. The van der Waals surface area contributed by atoms with Crippen molar-refractivity contribution in [3.8, 4) is 0 Å². The molecule has 44 valence electrons. The van der Waals surface area contributed by atoms with Gasteiger partial charge in [0.05, 0.1) is 0 Å². The highest BCUT2D eigenvalue weighted by Crippen LogP contribution is 1.77. The first kappa shape index (κ1) is 6.76. The van der Waals surface area contributed by atoms with Crippen LogP contribution in [0.1, 0.15) is 6.92 Å². The fourth-order valence-corrected chi connectivity index (χ4v) is 0.152. The van der Waals surface area contributed by atoms with E-state index >= 15 is 0 Å². The molecule has 0 saturated carbocycles. The maximum Gasteiger partial charge on any atom is 0.332 e. The normalized spacial score (nSPS) is 11.5. The summed E-state index contributed by atoms with van der Waals surface area (Å²) in [6, 6.07) is -0.771. The van der Waals surface area contributed by atoms with Crippen molar-refractivity contribution in [2.24, 2.45) is 0 Å². The topological polar surface area (TPSA) is 53.7 Å². The van der Waals surface area contributed by atoms with Gasteiger partial charge >= 0.3 is 5.97 Å². The average Bonchev–Trinajstić information content (AvgIpc) is 1.67. The quantitative estimate of drug-likeness (QED) is 0.389. The van der Waals surface area contributed by atoms with Gasteiger partial charge in [0, 0.05) is 0 Å². The van der Waals surface area contributed by atoms with Gasteiger partial charge in [-0.1, -0.05) is 0 Å². The van der Waals surface area contributed by atoms with E-state index in [9.17, 15) is 4.79 Å². The average molecular weight is 114 g/mol. The van der Waals surface area contributed by atoms with Crippen LogP contribution in [-0.2, 0) is 4.79 Å². The Morgan fingerprint density at radius 1 is 2.00 bits per heavy atom. The van der Waals surface area contributed by atoms with Crippen LogP contribution in [0.4, 0.5) is 0 Å². The summed E-state index contributed by atoms with van der Waals surface area (Å²) in [7, 11) is 0. The lowest BCUT2D eigenvalue weighted by molar-refractivity contribution is -0.138. The second kappa shape index (κ2) is 2.86.